The molecule has 1 fully saturated rings. The fourth-order valence-corrected chi connectivity index (χ4v) is 5.07. The Morgan fingerprint density at radius 3 is 2.51 bits per heavy atom. The highest BCUT2D eigenvalue weighted by atomic mass is 35.5. The number of aryl methyl sites for hydroxylation is 1. The molecule has 0 spiro atoms. The number of aliphatic imine (C=N–C) groups is 1. The summed E-state index contributed by atoms with van der Waals surface area (Å²) in [6.45, 7) is 6.46. The first kappa shape index (κ1) is 28.6. The summed E-state index contributed by atoms with van der Waals surface area (Å²) in [4.78, 5) is 33.0. The van der Waals surface area contributed by atoms with Gasteiger partial charge < -0.3 is 26.6 Å². The topological polar surface area (TPSA) is 135 Å². The van der Waals surface area contributed by atoms with Crippen molar-refractivity contribution in [3.8, 4) is 11.3 Å². The summed E-state index contributed by atoms with van der Waals surface area (Å²) in [7, 11) is 1.92. The number of carbonyl (C=O) groups is 2. The summed E-state index contributed by atoms with van der Waals surface area (Å²) >= 11 is 12.6. The zero-order valence-electron chi connectivity index (χ0n) is 21.6. The number of rotatable bonds is 9. The van der Waals surface area contributed by atoms with Crippen molar-refractivity contribution in [2.24, 2.45) is 23.5 Å². The van der Waals surface area contributed by atoms with Crippen molar-refractivity contribution in [3.63, 3.8) is 0 Å². The second-order valence-corrected chi connectivity index (χ2v) is 9.83. The van der Waals surface area contributed by atoms with Crippen LogP contribution in [0.3, 0.4) is 0 Å². The molecule has 1 aliphatic heterocycles. The fourth-order valence-electron chi connectivity index (χ4n) is 4.67. The van der Waals surface area contributed by atoms with Gasteiger partial charge in [0.2, 0.25) is 5.91 Å². The number of hydrogen-bond donors (Lipinski definition) is 3. The number of carbonyl (C=O) groups excluding carboxylic acids is 2. The lowest BCUT2D eigenvalue weighted by Crippen LogP contribution is -2.46. The molecule has 5 N–H and O–H groups in total. The molecule has 3 rings (SSSR count). The Morgan fingerprint density at radius 1 is 1.22 bits per heavy atom. The first-order valence-corrected chi connectivity index (χ1v) is 13.3. The molecule has 37 heavy (non-hydrogen) atoms. The van der Waals surface area contributed by atoms with E-state index in [0.29, 0.717) is 49.2 Å². The van der Waals surface area contributed by atoms with E-state index in [4.69, 9.17) is 34.7 Å². The quantitative estimate of drug-likeness (QED) is 0.325. The molecular formula is C25H36Cl2N8O2. The third-order valence-corrected chi connectivity index (χ3v) is 7.52. The van der Waals surface area contributed by atoms with Gasteiger partial charge in [0, 0.05) is 56.9 Å². The molecule has 202 valence electrons. The number of likely N-dealkylation sites (tertiary alicyclic amines) is 1. The van der Waals surface area contributed by atoms with E-state index in [1.165, 1.54) is 0 Å². The maximum Gasteiger partial charge on any atom is 0.317 e. The van der Waals surface area contributed by atoms with E-state index in [2.05, 4.69) is 21.5 Å². The van der Waals surface area contributed by atoms with Crippen molar-refractivity contribution in [1.82, 2.24) is 24.9 Å². The molecule has 0 bridgehead atoms. The Hall–Kier alpha value is -2.98. The van der Waals surface area contributed by atoms with E-state index >= 15 is 0 Å². The van der Waals surface area contributed by atoms with Crippen LogP contribution in [0.15, 0.2) is 29.3 Å². The van der Waals surface area contributed by atoms with Gasteiger partial charge in [-0.1, -0.05) is 35.3 Å². The van der Waals surface area contributed by atoms with E-state index in [9.17, 15) is 9.59 Å². The van der Waals surface area contributed by atoms with Gasteiger partial charge in [0.05, 0.1) is 15.7 Å². The lowest BCUT2D eigenvalue weighted by molar-refractivity contribution is -0.132. The monoisotopic (exact) mass is 550 g/mol. The normalized spacial score (nSPS) is 14.8. The molecule has 0 radical (unpaired) electrons. The average molecular weight is 552 g/mol. The maximum atomic E-state index is 12.8. The highest BCUT2D eigenvalue weighted by molar-refractivity contribution is 6.43. The molecule has 0 aliphatic carbocycles. The second kappa shape index (κ2) is 13.0. The first-order chi connectivity index (χ1) is 17.7. The number of amides is 3. The van der Waals surface area contributed by atoms with Gasteiger partial charge in [-0.2, -0.15) is 5.10 Å². The van der Waals surface area contributed by atoms with Gasteiger partial charge in [-0.3, -0.25) is 9.48 Å². The number of piperidine rings is 1. The lowest BCUT2D eigenvalue weighted by Gasteiger charge is -2.32. The number of nitrogens with one attached hydrogen (secondary N) is 1. The molecule has 2 aromatic rings. The van der Waals surface area contributed by atoms with Crippen LogP contribution in [0, 0.1) is 0 Å². The largest absolute Gasteiger partial charge is 0.370 e. The first-order valence-electron chi connectivity index (χ1n) is 12.5. The smallest absolute Gasteiger partial charge is 0.317 e. The van der Waals surface area contributed by atoms with Crippen LogP contribution in [0.1, 0.15) is 44.7 Å². The minimum atomic E-state index is -0.719. The van der Waals surface area contributed by atoms with Crippen LogP contribution in [0.2, 0.25) is 10.0 Å². The van der Waals surface area contributed by atoms with E-state index in [0.717, 1.165) is 29.8 Å². The summed E-state index contributed by atoms with van der Waals surface area (Å²) in [6.07, 6.45) is 1.94. The number of nitrogens with two attached hydrogens (primary N) is 2. The molecule has 0 saturated carbocycles. The molecule has 3 amide bonds. The Balaban J connectivity index is 1.55. The van der Waals surface area contributed by atoms with Gasteiger partial charge in [0.15, 0.2) is 5.96 Å². The fraction of sp³-hybridized carbons (Fsp3) is 0.520. The standard InChI is InChI=1S/C25H36Cl2N8O2/c1-4-34(5-2)23(36)19(31-24(28)29)9-12-30-25(37)35-13-10-16(11-14-35)21-15-20(32-33(21)3)17-7-6-8-18(26)22(17)27/h6-8,15-16,19H,4-5,9-14H2,1-3H3,(H,30,37)(H4,28,29,31)/t19-/m0/s1. The molecule has 0 unspecified atom stereocenters. The van der Waals surface area contributed by atoms with Crippen LogP contribution in [0.5, 0.6) is 0 Å². The third kappa shape index (κ3) is 7.07. The molecular weight excluding hydrogens is 515 g/mol. The summed E-state index contributed by atoms with van der Waals surface area (Å²) in [5, 5.41) is 8.54. The van der Waals surface area contributed by atoms with Crippen LogP contribution in [0.25, 0.3) is 11.3 Å². The van der Waals surface area contributed by atoms with Crippen LogP contribution in [0.4, 0.5) is 4.79 Å². The molecule has 12 heteroatoms. The van der Waals surface area contributed by atoms with Gasteiger partial charge in [-0.05, 0) is 45.2 Å². The number of likely N-dealkylation sites (N-methyl/N-ethyl adjacent to an activating group) is 1. The highest BCUT2D eigenvalue weighted by Crippen LogP contribution is 2.35. The van der Waals surface area contributed by atoms with Crippen LogP contribution in [-0.4, -0.2) is 76.2 Å². The number of aromatic nitrogens is 2. The van der Waals surface area contributed by atoms with Gasteiger partial charge in [-0.25, -0.2) is 9.79 Å². The number of hydrogen-bond acceptors (Lipinski definition) is 4. The number of benzene rings is 1. The Kier molecular flexibility index (Phi) is 10.0. The Morgan fingerprint density at radius 2 is 1.89 bits per heavy atom. The Bertz CT molecular complexity index is 1120. The summed E-state index contributed by atoms with van der Waals surface area (Å²) in [5.41, 5.74) is 13.7. The minimum absolute atomic E-state index is 0.144. The SMILES string of the molecule is CCN(CC)C(=O)[C@H](CCNC(=O)N1CCC(c2cc(-c3cccc(Cl)c3Cl)nn2C)CC1)N=C(N)N. The van der Waals surface area contributed by atoms with Gasteiger partial charge in [0.1, 0.15) is 6.04 Å². The van der Waals surface area contributed by atoms with Gasteiger partial charge >= 0.3 is 6.03 Å². The molecule has 1 saturated heterocycles. The van der Waals surface area contributed by atoms with Crippen molar-refractivity contribution in [1.29, 1.82) is 0 Å². The summed E-state index contributed by atoms with van der Waals surface area (Å²) in [5.74, 6) is -0.0240. The molecule has 2 heterocycles. The summed E-state index contributed by atoms with van der Waals surface area (Å²) in [6, 6.07) is 6.68. The predicted octanol–water partition coefficient (Wildman–Crippen LogP) is 3.18. The van der Waals surface area contributed by atoms with Crippen molar-refractivity contribution in [3.05, 3.63) is 40.0 Å². The van der Waals surface area contributed by atoms with Crippen molar-refractivity contribution < 1.29 is 9.59 Å². The third-order valence-electron chi connectivity index (χ3n) is 6.70. The van der Waals surface area contributed by atoms with E-state index < -0.39 is 6.04 Å². The molecule has 1 aliphatic rings. The second-order valence-electron chi connectivity index (χ2n) is 9.04. The van der Waals surface area contributed by atoms with Crippen LogP contribution < -0.4 is 16.8 Å². The molecule has 1 aromatic carbocycles. The zero-order valence-corrected chi connectivity index (χ0v) is 23.1. The zero-order chi connectivity index (χ0) is 27.1. The van der Waals surface area contributed by atoms with E-state index in [1.807, 2.05) is 37.7 Å². The number of nitrogens with zero attached hydrogens (tertiary/aromatic N) is 5. The number of guanidine groups is 1. The van der Waals surface area contributed by atoms with Crippen LogP contribution >= 0.6 is 23.2 Å². The predicted molar refractivity (Wildman–Crippen MR) is 148 cm³/mol. The van der Waals surface area contributed by atoms with Crippen molar-refractivity contribution >= 4 is 41.1 Å². The molecule has 1 atom stereocenters. The van der Waals surface area contributed by atoms with E-state index in [1.54, 1.807) is 15.9 Å². The lowest BCUT2D eigenvalue weighted by atomic mass is 9.93. The van der Waals surface area contributed by atoms with Gasteiger partial charge in [0.25, 0.3) is 0 Å². The average Bonchev–Trinajstić information content (AvgIpc) is 3.26. The van der Waals surface area contributed by atoms with Gasteiger partial charge in [-0.15, -0.1) is 0 Å². The Labute approximate surface area is 228 Å². The number of urea groups is 1. The molecule has 1 aromatic heterocycles. The minimum Gasteiger partial charge on any atom is -0.370 e. The van der Waals surface area contributed by atoms with E-state index in [-0.39, 0.29) is 23.8 Å². The highest BCUT2D eigenvalue weighted by Gasteiger charge is 2.27. The van der Waals surface area contributed by atoms with Crippen molar-refractivity contribution in [2.75, 3.05) is 32.7 Å². The molecule has 10 nitrogen and oxygen atoms in total. The van der Waals surface area contributed by atoms with Crippen molar-refractivity contribution in [2.45, 2.75) is 45.1 Å². The van der Waals surface area contributed by atoms with Crippen LogP contribution in [-0.2, 0) is 11.8 Å². The summed E-state index contributed by atoms with van der Waals surface area (Å²) < 4.78 is 1.88. The number of halogens is 2. The maximum absolute atomic E-state index is 12.8.